The average molecular weight is 354 g/mol. The van der Waals surface area contributed by atoms with Gasteiger partial charge in [0.1, 0.15) is 12.4 Å². The molecule has 134 valence electrons. The van der Waals surface area contributed by atoms with Gasteiger partial charge < -0.3 is 9.64 Å². The second-order valence-electron chi connectivity index (χ2n) is 5.60. The first-order valence-electron chi connectivity index (χ1n) is 7.10. The van der Waals surface area contributed by atoms with Gasteiger partial charge in [-0.1, -0.05) is 0 Å². The smallest absolute Gasteiger partial charge is 0.458 e. The normalized spacial score (nSPS) is 19.5. The summed E-state index contributed by atoms with van der Waals surface area (Å²) in [5.74, 6) is -5.99. The van der Waals surface area contributed by atoms with E-state index in [4.69, 9.17) is 4.74 Å². The number of non-ortho nitro benzene ring substituents is 1. The second-order valence-corrected chi connectivity index (χ2v) is 5.60. The first kappa shape index (κ1) is 18.4. The Bertz CT molecular complexity index is 621. The highest BCUT2D eigenvalue weighted by molar-refractivity contribution is 5.47. The Labute approximate surface area is 134 Å². The van der Waals surface area contributed by atoms with E-state index in [0.717, 1.165) is 13.0 Å². The van der Waals surface area contributed by atoms with Gasteiger partial charge in [0, 0.05) is 12.1 Å². The van der Waals surface area contributed by atoms with E-state index in [0.29, 0.717) is 24.6 Å². The molecule has 1 aliphatic heterocycles. The Morgan fingerprint density at radius 2 is 2.00 bits per heavy atom. The molecule has 0 N–H and O–H groups in total. The molecule has 0 radical (unpaired) electrons. The van der Waals surface area contributed by atoms with Gasteiger partial charge in [0.25, 0.3) is 5.69 Å². The second kappa shape index (κ2) is 6.50. The number of nitro benzene ring substituents is 1. The van der Waals surface area contributed by atoms with Gasteiger partial charge in [-0.3, -0.25) is 10.1 Å². The maximum absolute atomic E-state index is 13.6. The number of alkyl halides is 5. The van der Waals surface area contributed by atoms with Crippen LogP contribution in [0.1, 0.15) is 18.4 Å². The highest BCUT2D eigenvalue weighted by Gasteiger charge is 2.60. The van der Waals surface area contributed by atoms with Crippen LogP contribution in [0.25, 0.3) is 0 Å². The van der Waals surface area contributed by atoms with Crippen molar-refractivity contribution in [1.29, 1.82) is 0 Å². The molecule has 1 heterocycles. The number of ether oxygens (including phenoxy) is 1. The SMILES string of the molecule is CN1CCC[C@@H]1COc1cc([N+](=O)[O-])ccc1C(F)(F)C(F)(F)F. The summed E-state index contributed by atoms with van der Waals surface area (Å²) < 4.78 is 70.3. The number of hydrogen-bond acceptors (Lipinski definition) is 4. The van der Waals surface area contributed by atoms with Gasteiger partial charge in [-0.05, 0) is 32.5 Å². The Hall–Kier alpha value is -1.97. The van der Waals surface area contributed by atoms with E-state index in [1.807, 2.05) is 4.90 Å². The lowest BCUT2D eigenvalue weighted by atomic mass is 10.1. The van der Waals surface area contributed by atoms with Crippen molar-refractivity contribution in [3.63, 3.8) is 0 Å². The van der Waals surface area contributed by atoms with Crippen molar-refractivity contribution in [1.82, 2.24) is 4.90 Å². The minimum atomic E-state index is -5.83. The van der Waals surface area contributed by atoms with Gasteiger partial charge in [-0.15, -0.1) is 0 Å². The number of halogens is 5. The summed E-state index contributed by atoms with van der Waals surface area (Å²) in [5, 5.41) is 10.8. The third-order valence-corrected chi connectivity index (χ3v) is 3.97. The first-order chi connectivity index (χ1) is 11.0. The van der Waals surface area contributed by atoms with E-state index >= 15 is 0 Å². The number of likely N-dealkylation sites (tertiary alicyclic amines) is 1. The van der Waals surface area contributed by atoms with Crippen LogP contribution in [-0.2, 0) is 5.92 Å². The zero-order chi connectivity index (χ0) is 18.1. The van der Waals surface area contributed by atoms with Crippen molar-refractivity contribution in [3.8, 4) is 5.75 Å². The molecule has 24 heavy (non-hydrogen) atoms. The highest BCUT2D eigenvalue weighted by Crippen LogP contribution is 2.47. The minimum absolute atomic E-state index is 0.126. The van der Waals surface area contributed by atoms with Crippen LogP contribution in [-0.4, -0.2) is 42.2 Å². The van der Waals surface area contributed by atoms with Crippen LogP contribution in [0, 0.1) is 10.1 Å². The number of nitrogens with zero attached hydrogens (tertiary/aromatic N) is 2. The summed E-state index contributed by atoms with van der Waals surface area (Å²) in [7, 11) is 1.78. The van der Waals surface area contributed by atoms with E-state index in [1.54, 1.807) is 7.05 Å². The van der Waals surface area contributed by atoms with Gasteiger partial charge in [0.05, 0.1) is 16.6 Å². The van der Waals surface area contributed by atoms with Crippen LogP contribution < -0.4 is 4.74 Å². The molecular weight excluding hydrogens is 339 g/mol. The van der Waals surface area contributed by atoms with Crippen molar-refractivity contribution < 1.29 is 31.6 Å². The molecule has 5 nitrogen and oxygen atoms in total. The predicted molar refractivity (Wildman–Crippen MR) is 74.2 cm³/mol. The minimum Gasteiger partial charge on any atom is -0.491 e. The Morgan fingerprint density at radius 3 is 2.50 bits per heavy atom. The molecule has 1 fully saturated rings. The summed E-state index contributed by atoms with van der Waals surface area (Å²) in [4.78, 5) is 11.8. The molecule has 0 aromatic heterocycles. The van der Waals surface area contributed by atoms with E-state index in [9.17, 15) is 32.1 Å². The fraction of sp³-hybridized carbons (Fsp3) is 0.571. The van der Waals surface area contributed by atoms with Crippen LogP contribution in [0.5, 0.6) is 5.75 Å². The van der Waals surface area contributed by atoms with E-state index in [2.05, 4.69) is 0 Å². The maximum atomic E-state index is 13.6. The molecule has 0 bridgehead atoms. The molecular formula is C14H15F5N2O3. The Morgan fingerprint density at radius 1 is 1.33 bits per heavy atom. The molecule has 1 aliphatic rings. The Balaban J connectivity index is 2.34. The molecule has 1 saturated heterocycles. The molecule has 1 atom stereocenters. The van der Waals surface area contributed by atoms with Gasteiger partial charge in [-0.2, -0.15) is 22.0 Å². The third kappa shape index (κ3) is 3.58. The quantitative estimate of drug-likeness (QED) is 0.459. The summed E-state index contributed by atoms with van der Waals surface area (Å²) in [6, 6.07) is 1.45. The average Bonchev–Trinajstić information content (AvgIpc) is 2.88. The van der Waals surface area contributed by atoms with Crippen LogP contribution in [0.2, 0.25) is 0 Å². The molecule has 2 rings (SSSR count). The van der Waals surface area contributed by atoms with Gasteiger partial charge in [0.2, 0.25) is 0 Å². The van der Waals surface area contributed by atoms with E-state index in [1.165, 1.54) is 0 Å². The fourth-order valence-electron chi connectivity index (χ4n) is 2.53. The predicted octanol–water partition coefficient (Wildman–Crippen LogP) is 3.72. The van der Waals surface area contributed by atoms with Crippen molar-refractivity contribution in [3.05, 3.63) is 33.9 Å². The van der Waals surface area contributed by atoms with Crippen LogP contribution >= 0.6 is 0 Å². The number of likely N-dealkylation sites (N-methyl/N-ethyl adjacent to an activating group) is 1. The molecule has 0 saturated carbocycles. The van der Waals surface area contributed by atoms with Gasteiger partial charge >= 0.3 is 12.1 Å². The molecule has 1 aromatic rings. The molecule has 0 unspecified atom stereocenters. The Kier molecular flexibility index (Phi) is 4.97. The number of benzene rings is 1. The monoisotopic (exact) mass is 354 g/mol. The van der Waals surface area contributed by atoms with Crippen LogP contribution in [0.3, 0.4) is 0 Å². The lowest BCUT2D eigenvalue weighted by Crippen LogP contribution is -2.35. The van der Waals surface area contributed by atoms with E-state index in [-0.39, 0.29) is 12.6 Å². The standard InChI is InChI=1S/C14H15F5N2O3/c1-20-6-2-3-10(20)8-24-12-7-9(21(22)23)4-5-11(12)13(15,16)14(17,18)19/h4-5,7,10H,2-3,6,8H2,1H3/t10-/m1/s1. The molecule has 0 aliphatic carbocycles. The summed E-state index contributed by atoms with van der Waals surface area (Å²) in [6.45, 7) is 0.632. The zero-order valence-corrected chi connectivity index (χ0v) is 12.6. The van der Waals surface area contributed by atoms with Crippen molar-refractivity contribution >= 4 is 5.69 Å². The van der Waals surface area contributed by atoms with Crippen LogP contribution in [0.4, 0.5) is 27.6 Å². The largest absolute Gasteiger partial charge is 0.491 e. The third-order valence-electron chi connectivity index (χ3n) is 3.97. The molecule has 1 aromatic carbocycles. The number of nitro groups is 1. The van der Waals surface area contributed by atoms with Gasteiger partial charge in [-0.25, -0.2) is 0 Å². The lowest BCUT2D eigenvalue weighted by Gasteiger charge is -2.24. The highest BCUT2D eigenvalue weighted by atomic mass is 19.4. The molecule has 0 amide bonds. The van der Waals surface area contributed by atoms with E-state index < -0.39 is 34.0 Å². The van der Waals surface area contributed by atoms with Crippen molar-refractivity contribution in [2.24, 2.45) is 0 Å². The maximum Gasteiger partial charge on any atom is 0.458 e. The summed E-state index contributed by atoms with van der Waals surface area (Å²) >= 11 is 0. The van der Waals surface area contributed by atoms with Crippen molar-refractivity contribution in [2.75, 3.05) is 20.2 Å². The molecule has 0 spiro atoms. The lowest BCUT2D eigenvalue weighted by molar-refractivity contribution is -0.385. The van der Waals surface area contributed by atoms with Crippen LogP contribution in [0.15, 0.2) is 18.2 Å². The topological polar surface area (TPSA) is 55.6 Å². The number of hydrogen-bond donors (Lipinski definition) is 0. The first-order valence-corrected chi connectivity index (χ1v) is 7.10. The summed E-state index contributed by atoms with van der Waals surface area (Å²) in [5.41, 5.74) is -2.05. The van der Waals surface area contributed by atoms with Gasteiger partial charge in [0.15, 0.2) is 0 Å². The summed E-state index contributed by atoms with van der Waals surface area (Å²) in [6.07, 6.45) is -4.27. The van der Waals surface area contributed by atoms with Crippen molar-refractivity contribution in [2.45, 2.75) is 31.0 Å². The molecule has 10 heteroatoms. The fourth-order valence-corrected chi connectivity index (χ4v) is 2.53. The zero-order valence-electron chi connectivity index (χ0n) is 12.6. The number of rotatable bonds is 5.